The average Bonchev–Trinajstić information content (AvgIpc) is 2.60. The third kappa shape index (κ3) is 3.39. The van der Waals surface area contributed by atoms with E-state index in [1.54, 1.807) is 10.6 Å². The first-order chi connectivity index (χ1) is 12.5. The van der Waals surface area contributed by atoms with Crippen molar-refractivity contribution in [1.82, 2.24) is 9.55 Å². The maximum atomic E-state index is 13.3. The highest BCUT2D eigenvalue weighted by Gasteiger charge is 2.30. The van der Waals surface area contributed by atoms with E-state index in [1.165, 1.54) is 6.42 Å². The third-order valence-electron chi connectivity index (χ3n) is 5.59. The van der Waals surface area contributed by atoms with E-state index in [0.717, 1.165) is 12.8 Å². The number of fused-ring (bicyclic) bond motifs is 1. The fraction of sp³-hybridized carbons (Fsp3) is 0.600. The lowest BCUT2D eigenvalue weighted by Crippen LogP contribution is -2.34. The van der Waals surface area contributed by atoms with Crippen LogP contribution in [0.4, 0.5) is 0 Å². The van der Waals surface area contributed by atoms with Crippen molar-refractivity contribution in [3.8, 4) is 11.5 Å². The van der Waals surface area contributed by atoms with Gasteiger partial charge in [0, 0.05) is 12.1 Å². The van der Waals surface area contributed by atoms with Crippen molar-refractivity contribution in [2.75, 3.05) is 13.2 Å². The molecule has 142 valence electrons. The molecule has 5 nitrogen and oxygen atoms in total. The quantitative estimate of drug-likeness (QED) is 0.758. The van der Waals surface area contributed by atoms with Crippen LogP contribution in [0.3, 0.4) is 0 Å². The van der Waals surface area contributed by atoms with Gasteiger partial charge in [-0.25, -0.2) is 0 Å². The second kappa shape index (κ2) is 7.82. The number of aromatic nitrogens is 2. The van der Waals surface area contributed by atoms with Crippen LogP contribution in [0, 0.1) is 16.6 Å². The van der Waals surface area contributed by atoms with Gasteiger partial charge in [-0.2, -0.15) is 0 Å². The standard InChI is InChI=1S/C20H28N2O3S/c1-5-24-17-10-14-15(11-18(17)25-6-2)21-20(26)22(19(14)23)16-9-7-8-12(3)13(16)4/h10-13,16H,5-9H2,1-4H3,(H,21,26)/t12-,13+,16-/m1/s1. The van der Waals surface area contributed by atoms with E-state index in [-0.39, 0.29) is 11.6 Å². The van der Waals surface area contributed by atoms with Crippen LogP contribution in [0.25, 0.3) is 10.9 Å². The minimum atomic E-state index is -0.0429. The normalized spacial score (nSPS) is 23.2. The summed E-state index contributed by atoms with van der Waals surface area (Å²) in [6.07, 6.45) is 3.33. The van der Waals surface area contributed by atoms with Gasteiger partial charge >= 0.3 is 0 Å². The molecule has 0 aliphatic heterocycles. The van der Waals surface area contributed by atoms with Gasteiger partial charge in [0.05, 0.1) is 24.1 Å². The van der Waals surface area contributed by atoms with Crippen LogP contribution in [0.2, 0.25) is 0 Å². The van der Waals surface area contributed by atoms with Crippen LogP contribution >= 0.6 is 12.2 Å². The molecule has 1 aliphatic rings. The maximum Gasteiger partial charge on any atom is 0.262 e. The Morgan fingerprint density at radius 3 is 2.46 bits per heavy atom. The first kappa shape index (κ1) is 19.0. The lowest BCUT2D eigenvalue weighted by Gasteiger charge is -2.35. The molecule has 6 heteroatoms. The molecule has 0 bridgehead atoms. The zero-order valence-electron chi connectivity index (χ0n) is 16.0. The first-order valence-electron chi connectivity index (χ1n) is 9.56. The van der Waals surface area contributed by atoms with Crippen molar-refractivity contribution in [2.24, 2.45) is 11.8 Å². The summed E-state index contributed by atoms with van der Waals surface area (Å²) in [4.78, 5) is 16.5. The Balaban J connectivity index is 2.19. The van der Waals surface area contributed by atoms with Gasteiger partial charge in [-0.3, -0.25) is 9.36 Å². The number of rotatable bonds is 5. The molecular formula is C20H28N2O3S. The van der Waals surface area contributed by atoms with Crippen LogP contribution in [0.5, 0.6) is 11.5 Å². The van der Waals surface area contributed by atoms with Gasteiger partial charge in [0.15, 0.2) is 16.3 Å². The first-order valence-corrected chi connectivity index (χ1v) is 9.96. The lowest BCUT2D eigenvalue weighted by atomic mass is 9.78. The summed E-state index contributed by atoms with van der Waals surface area (Å²) < 4.78 is 13.6. The zero-order valence-corrected chi connectivity index (χ0v) is 16.8. The number of H-pyrrole nitrogens is 1. The Morgan fingerprint density at radius 2 is 1.81 bits per heavy atom. The van der Waals surface area contributed by atoms with Crippen LogP contribution in [-0.4, -0.2) is 22.8 Å². The molecule has 0 unspecified atom stereocenters. The molecule has 0 radical (unpaired) electrons. The summed E-state index contributed by atoms with van der Waals surface area (Å²) in [6.45, 7) is 9.37. The SMILES string of the molecule is CCOc1cc2[nH]c(=S)n([C@@H]3CCC[C@@H](C)[C@@H]3C)c(=O)c2cc1OCC. The van der Waals surface area contributed by atoms with Gasteiger partial charge in [0.2, 0.25) is 0 Å². The summed E-state index contributed by atoms with van der Waals surface area (Å²) in [5.41, 5.74) is 0.651. The molecule has 1 N–H and O–H groups in total. The fourth-order valence-electron chi connectivity index (χ4n) is 3.99. The fourth-order valence-corrected chi connectivity index (χ4v) is 4.32. The highest BCUT2D eigenvalue weighted by Crippen LogP contribution is 2.37. The molecule has 1 aromatic carbocycles. The van der Waals surface area contributed by atoms with E-state index in [4.69, 9.17) is 21.7 Å². The zero-order chi connectivity index (χ0) is 18.8. The van der Waals surface area contributed by atoms with Crippen molar-refractivity contribution < 1.29 is 9.47 Å². The number of ether oxygens (including phenoxy) is 2. The summed E-state index contributed by atoms with van der Waals surface area (Å²) in [6, 6.07) is 3.74. The average molecular weight is 377 g/mol. The lowest BCUT2D eigenvalue weighted by molar-refractivity contribution is 0.181. The predicted octanol–water partition coefficient (Wildman–Crippen LogP) is 4.85. The Kier molecular flexibility index (Phi) is 5.70. The van der Waals surface area contributed by atoms with E-state index in [2.05, 4.69) is 18.8 Å². The van der Waals surface area contributed by atoms with E-state index in [0.29, 0.717) is 52.2 Å². The third-order valence-corrected chi connectivity index (χ3v) is 5.89. The molecule has 26 heavy (non-hydrogen) atoms. The molecule has 1 saturated carbocycles. The van der Waals surface area contributed by atoms with Gasteiger partial charge in [-0.15, -0.1) is 0 Å². The molecule has 1 aromatic heterocycles. The van der Waals surface area contributed by atoms with Crippen molar-refractivity contribution in [3.63, 3.8) is 0 Å². The summed E-state index contributed by atoms with van der Waals surface area (Å²) in [5, 5.41) is 0.593. The number of benzene rings is 1. The Morgan fingerprint density at radius 1 is 1.15 bits per heavy atom. The molecule has 3 atom stereocenters. The minimum Gasteiger partial charge on any atom is -0.490 e. The molecular weight excluding hydrogens is 348 g/mol. The van der Waals surface area contributed by atoms with Crippen LogP contribution < -0.4 is 15.0 Å². The predicted molar refractivity (Wildman–Crippen MR) is 107 cm³/mol. The number of nitrogens with one attached hydrogen (secondary N) is 1. The van der Waals surface area contributed by atoms with Gasteiger partial charge in [-0.1, -0.05) is 26.7 Å². The maximum absolute atomic E-state index is 13.3. The highest BCUT2D eigenvalue weighted by atomic mass is 32.1. The van der Waals surface area contributed by atoms with Gasteiger partial charge in [-0.05, 0) is 50.4 Å². The molecule has 0 amide bonds. The Labute approximate surface area is 159 Å². The van der Waals surface area contributed by atoms with Gasteiger partial charge in [0.1, 0.15) is 0 Å². The molecule has 1 heterocycles. The molecule has 2 aromatic rings. The topological polar surface area (TPSA) is 56.2 Å². The van der Waals surface area contributed by atoms with Crippen molar-refractivity contribution in [3.05, 3.63) is 27.3 Å². The molecule has 3 rings (SSSR count). The largest absolute Gasteiger partial charge is 0.490 e. The van der Waals surface area contributed by atoms with E-state index >= 15 is 0 Å². The Bertz CT molecular complexity index is 902. The van der Waals surface area contributed by atoms with Gasteiger partial charge in [0.25, 0.3) is 5.56 Å². The summed E-state index contributed by atoms with van der Waals surface area (Å²) in [7, 11) is 0. The van der Waals surface area contributed by atoms with E-state index in [1.807, 2.05) is 19.9 Å². The number of hydrogen-bond donors (Lipinski definition) is 1. The number of aromatic amines is 1. The van der Waals surface area contributed by atoms with Crippen LogP contribution in [0.1, 0.15) is 53.0 Å². The molecule has 0 spiro atoms. The molecule has 1 aliphatic carbocycles. The summed E-state index contributed by atoms with van der Waals surface area (Å²) >= 11 is 5.57. The number of hydrogen-bond acceptors (Lipinski definition) is 4. The minimum absolute atomic E-state index is 0.0429. The van der Waals surface area contributed by atoms with Crippen molar-refractivity contribution in [1.29, 1.82) is 0 Å². The highest BCUT2D eigenvalue weighted by molar-refractivity contribution is 7.71. The van der Waals surface area contributed by atoms with Crippen LogP contribution in [-0.2, 0) is 0 Å². The van der Waals surface area contributed by atoms with Gasteiger partial charge < -0.3 is 14.5 Å². The van der Waals surface area contributed by atoms with Crippen molar-refractivity contribution >= 4 is 23.1 Å². The molecule has 1 fully saturated rings. The van der Waals surface area contributed by atoms with E-state index in [9.17, 15) is 4.79 Å². The number of nitrogens with zero attached hydrogens (tertiary/aromatic N) is 1. The second-order valence-electron chi connectivity index (χ2n) is 7.15. The summed E-state index contributed by atoms with van der Waals surface area (Å²) in [5.74, 6) is 2.23. The van der Waals surface area contributed by atoms with Crippen molar-refractivity contribution in [2.45, 2.75) is 53.0 Å². The Hall–Kier alpha value is -1.82. The molecule has 0 saturated heterocycles. The van der Waals surface area contributed by atoms with Crippen LogP contribution in [0.15, 0.2) is 16.9 Å². The van der Waals surface area contributed by atoms with E-state index < -0.39 is 0 Å². The smallest absolute Gasteiger partial charge is 0.262 e. The second-order valence-corrected chi connectivity index (χ2v) is 7.54. The monoisotopic (exact) mass is 376 g/mol.